The van der Waals surface area contributed by atoms with E-state index in [2.05, 4.69) is 10.6 Å². The normalized spacial score (nSPS) is 12.2. The van der Waals surface area contributed by atoms with Crippen molar-refractivity contribution in [2.45, 2.75) is 16.0 Å². The molecule has 0 radical (unpaired) electrons. The Kier molecular flexibility index (Phi) is 6.91. The summed E-state index contributed by atoms with van der Waals surface area (Å²) in [6, 6.07) is 13.2. The van der Waals surface area contributed by atoms with Crippen LogP contribution >= 0.6 is 11.3 Å². The first kappa shape index (κ1) is 21.6. The molecule has 0 aliphatic heterocycles. The zero-order valence-electron chi connectivity index (χ0n) is 16.0. The molecule has 10 heteroatoms. The quantitative estimate of drug-likeness (QED) is 0.511. The summed E-state index contributed by atoms with van der Waals surface area (Å²) in [7, 11) is -2.25. The molecule has 2 aromatic heterocycles. The van der Waals surface area contributed by atoms with E-state index in [1.165, 1.54) is 18.4 Å². The van der Waals surface area contributed by atoms with E-state index in [-0.39, 0.29) is 23.1 Å². The van der Waals surface area contributed by atoms with Crippen molar-refractivity contribution in [1.82, 2.24) is 10.6 Å². The van der Waals surface area contributed by atoms with Gasteiger partial charge in [-0.1, -0.05) is 18.2 Å². The molecule has 2 N–H and O–H groups in total. The Morgan fingerprint density at radius 3 is 2.40 bits per heavy atom. The highest BCUT2D eigenvalue weighted by Crippen LogP contribution is 2.31. The molecule has 8 nitrogen and oxygen atoms in total. The molecule has 0 fully saturated rings. The predicted octanol–water partition coefficient (Wildman–Crippen LogP) is 2.30. The van der Waals surface area contributed by atoms with Gasteiger partial charge in [-0.2, -0.15) is 0 Å². The Morgan fingerprint density at radius 1 is 1.07 bits per heavy atom. The summed E-state index contributed by atoms with van der Waals surface area (Å²) in [5.74, 6) is -0.930. The molecule has 0 saturated heterocycles. The summed E-state index contributed by atoms with van der Waals surface area (Å²) in [6.07, 6.45) is 1.36. The van der Waals surface area contributed by atoms with Crippen molar-refractivity contribution in [2.75, 3.05) is 13.7 Å². The molecule has 0 aliphatic carbocycles. The summed E-state index contributed by atoms with van der Waals surface area (Å²) < 4.78 is 36.3. The van der Waals surface area contributed by atoms with Gasteiger partial charge in [-0.15, -0.1) is 11.3 Å². The first-order valence-corrected chi connectivity index (χ1v) is 11.3. The van der Waals surface area contributed by atoms with Crippen LogP contribution in [0.3, 0.4) is 0 Å². The van der Waals surface area contributed by atoms with Crippen LogP contribution in [0.25, 0.3) is 0 Å². The van der Waals surface area contributed by atoms with Gasteiger partial charge >= 0.3 is 11.8 Å². The maximum Gasteiger partial charge on any atom is 0.309 e. The van der Waals surface area contributed by atoms with Gasteiger partial charge in [0.1, 0.15) is 21.0 Å². The lowest BCUT2D eigenvalue weighted by Crippen LogP contribution is -2.42. The SMILES string of the molecule is COc1ccc(CNC(=O)C(=O)NC[C@H](c2ccco2)S(=O)(=O)c2cccs2)cc1. The van der Waals surface area contributed by atoms with E-state index >= 15 is 0 Å². The van der Waals surface area contributed by atoms with Crippen molar-refractivity contribution in [3.8, 4) is 5.75 Å². The second kappa shape index (κ2) is 9.59. The molecule has 30 heavy (non-hydrogen) atoms. The van der Waals surface area contributed by atoms with Gasteiger partial charge in [0, 0.05) is 13.1 Å². The van der Waals surface area contributed by atoms with Crippen LogP contribution in [0.5, 0.6) is 5.75 Å². The number of carbonyl (C=O) groups excluding carboxylic acids is 2. The van der Waals surface area contributed by atoms with E-state index in [1.54, 1.807) is 48.9 Å². The van der Waals surface area contributed by atoms with Crippen LogP contribution in [0.15, 0.2) is 68.8 Å². The largest absolute Gasteiger partial charge is 0.497 e. The van der Waals surface area contributed by atoms with Crippen molar-refractivity contribution >= 4 is 33.0 Å². The molecule has 1 aromatic carbocycles. The fraction of sp³-hybridized carbons (Fsp3) is 0.200. The van der Waals surface area contributed by atoms with Crippen LogP contribution in [0.4, 0.5) is 0 Å². The zero-order chi connectivity index (χ0) is 21.6. The van der Waals surface area contributed by atoms with E-state index in [0.717, 1.165) is 16.9 Å². The van der Waals surface area contributed by atoms with E-state index in [4.69, 9.17) is 9.15 Å². The van der Waals surface area contributed by atoms with Crippen molar-refractivity contribution in [2.24, 2.45) is 0 Å². The van der Waals surface area contributed by atoms with E-state index in [0.29, 0.717) is 5.75 Å². The zero-order valence-corrected chi connectivity index (χ0v) is 17.7. The number of carbonyl (C=O) groups is 2. The van der Waals surface area contributed by atoms with Gasteiger partial charge in [0.2, 0.25) is 0 Å². The number of rotatable bonds is 8. The third-order valence-electron chi connectivity index (χ3n) is 4.28. The van der Waals surface area contributed by atoms with E-state index < -0.39 is 26.9 Å². The molecular formula is C20H20N2O6S2. The number of hydrogen-bond acceptors (Lipinski definition) is 7. The van der Waals surface area contributed by atoms with Gasteiger partial charge in [0.15, 0.2) is 9.84 Å². The molecule has 0 bridgehead atoms. The molecule has 0 unspecified atom stereocenters. The van der Waals surface area contributed by atoms with Gasteiger partial charge < -0.3 is 19.8 Å². The molecule has 1 atom stereocenters. The maximum atomic E-state index is 12.9. The summed E-state index contributed by atoms with van der Waals surface area (Å²) in [6.45, 7) is -0.159. The number of thiophene rings is 1. The number of ether oxygens (including phenoxy) is 1. The first-order valence-electron chi connectivity index (χ1n) is 8.91. The molecule has 3 rings (SSSR count). The van der Waals surface area contributed by atoms with E-state index in [9.17, 15) is 18.0 Å². The summed E-state index contributed by atoms with van der Waals surface area (Å²) in [4.78, 5) is 24.3. The van der Waals surface area contributed by atoms with Crippen LogP contribution in [0.2, 0.25) is 0 Å². The summed E-state index contributed by atoms with van der Waals surface area (Å²) in [5, 5.41) is 5.39. The highest BCUT2D eigenvalue weighted by atomic mass is 32.2. The summed E-state index contributed by atoms with van der Waals surface area (Å²) in [5.41, 5.74) is 0.783. The maximum absolute atomic E-state index is 12.9. The molecule has 2 amide bonds. The number of benzene rings is 1. The lowest BCUT2D eigenvalue weighted by molar-refractivity contribution is -0.139. The summed E-state index contributed by atoms with van der Waals surface area (Å²) >= 11 is 1.07. The first-order chi connectivity index (χ1) is 14.4. The molecular weight excluding hydrogens is 428 g/mol. The topological polar surface area (TPSA) is 115 Å². The van der Waals surface area contributed by atoms with Gasteiger partial charge in [-0.05, 0) is 41.3 Å². The lowest BCUT2D eigenvalue weighted by Gasteiger charge is -2.15. The predicted molar refractivity (Wildman–Crippen MR) is 111 cm³/mol. The van der Waals surface area contributed by atoms with Crippen LogP contribution in [0, 0.1) is 0 Å². The van der Waals surface area contributed by atoms with Gasteiger partial charge in [0.05, 0.1) is 13.4 Å². The highest BCUT2D eigenvalue weighted by molar-refractivity contribution is 7.93. The Labute approximate surface area is 177 Å². The van der Waals surface area contributed by atoms with Crippen LogP contribution in [-0.2, 0) is 26.0 Å². The molecule has 0 spiro atoms. The minimum atomic E-state index is -3.80. The Hall–Kier alpha value is -3.11. The highest BCUT2D eigenvalue weighted by Gasteiger charge is 2.33. The van der Waals surface area contributed by atoms with Crippen molar-refractivity contribution in [1.29, 1.82) is 0 Å². The molecule has 3 aromatic rings. The minimum Gasteiger partial charge on any atom is -0.497 e. The third kappa shape index (κ3) is 5.08. The monoisotopic (exact) mass is 448 g/mol. The van der Waals surface area contributed by atoms with Gasteiger partial charge in [0.25, 0.3) is 0 Å². The lowest BCUT2D eigenvalue weighted by atomic mass is 10.2. The number of nitrogens with one attached hydrogen (secondary N) is 2. The average Bonchev–Trinajstić information content (AvgIpc) is 3.46. The second-order valence-corrected chi connectivity index (χ2v) is 9.53. The number of sulfone groups is 1. The van der Waals surface area contributed by atoms with Crippen molar-refractivity contribution in [3.05, 3.63) is 71.5 Å². The standard InChI is InChI=1S/C20H20N2O6S2/c1-27-15-8-6-14(7-9-15)12-21-19(23)20(24)22-13-17(16-4-2-10-28-16)30(25,26)18-5-3-11-29-18/h2-11,17H,12-13H2,1H3,(H,21,23)(H,22,24)/t17-/m1/s1. The molecule has 158 valence electrons. The smallest absolute Gasteiger partial charge is 0.309 e. The van der Waals surface area contributed by atoms with Crippen molar-refractivity contribution in [3.63, 3.8) is 0 Å². The molecule has 0 saturated carbocycles. The van der Waals surface area contributed by atoms with Crippen LogP contribution in [0.1, 0.15) is 16.6 Å². The number of methoxy groups -OCH3 is 1. The fourth-order valence-electron chi connectivity index (χ4n) is 2.67. The molecule has 0 aliphatic rings. The number of amides is 2. The third-order valence-corrected chi connectivity index (χ3v) is 7.77. The Morgan fingerprint density at radius 2 is 1.80 bits per heavy atom. The van der Waals surface area contributed by atoms with Gasteiger partial charge in [-0.25, -0.2) is 8.42 Å². The second-order valence-electron chi connectivity index (χ2n) is 6.22. The molecule has 2 heterocycles. The van der Waals surface area contributed by atoms with E-state index in [1.807, 2.05) is 0 Å². The van der Waals surface area contributed by atoms with Gasteiger partial charge in [-0.3, -0.25) is 9.59 Å². The fourth-order valence-corrected chi connectivity index (χ4v) is 5.47. The minimum absolute atomic E-state index is 0.144. The Balaban J connectivity index is 1.62. The number of hydrogen-bond donors (Lipinski definition) is 2. The van der Waals surface area contributed by atoms with Crippen LogP contribution < -0.4 is 15.4 Å². The average molecular weight is 449 g/mol. The number of furan rings is 1. The Bertz CT molecular complexity index is 1080. The van der Waals surface area contributed by atoms with Crippen molar-refractivity contribution < 1.29 is 27.2 Å². The van der Waals surface area contributed by atoms with Crippen LogP contribution in [-0.4, -0.2) is 33.9 Å².